The molecule has 0 spiro atoms. The molecule has 0 fully saturated rings. The maximum Gasteiger partial charge on any atom is 0.261 e. The van der Waals surface area contributed by atoms with Gasteiger partial charge in [-0.15, -0.1) is 0 Å². The first kappa shape index (κ1) is 31.8. The third-order valence-corrected chi connectivity index (χ3v) is 11.4. The molecule has 262 valence electrons. The summed E-state index contributed by atoms with van der Waals surface area (Å²) >= 11 is 0. The highest BCUT2D eigenvalue weighted by Crippen LogP contribution is 2.46. The average Bonchev–Trinajstić information content (AvgIpc) is 3.53. The van der Waals surface area contributed by atoms with Crippen molar-refractivity contribution in [2.45, 2.75) is 26.2 Å². The Hall–Kier alpha value is -6.72. The van der Waals surface area contributed by atoms with Gasteiger partial charge in [0, 0.05) is 50.8 Å². The number of rotatable bonds is 4. The highest BCUT2D eigenvalue weighted by molar-refractivity contribution is 6.99. The molecule has 3 heterocycles. The molecule has 0 aliphatic carbocycles. The SMILES string of the molecule is CC(C)(C)c1cc2c3c(c1)Oc1cc(N(c4ccccc4)c4ccccc4)c4ccccc4c1B3c1cc3c4ccccc4n(-c4ccccc4)c3cc1O2. The first-order valence-electron chi connectivity index (χ1n) is 19.0. The summed E-state index contributed by atoms with van der Waals surface area (Å²) in [5.41, 5.74) is 11.1. The van der Waals surface area contributed by atoms with Crippen LogP contribution in [0.1, 0.15) is 26.3 Å². The molecule has 1 aromatic heterocycles. The van der Waals surface area contributed by atoms with Crippen molar-refractivity contribution in [3.8, 4) is 28.7 Å². The quantitative estimate of drug-likeness (QED) is 0.170. The fourth-order valence-corrected chi connectivity index (χ4v) is 8.86. The predicted octanol–water partition coefficient (Wildman–Crippen LogP) is 11.4. The molecule has 0 N–H and O–H groups in total. The summed E-state index contributed by atoms with van der Waals surface area (Å²) in [6, 6.07) is 60.8. The van der Waals surface area contributed by atoms with E-state index in [0.29, 0.717) is 0 Å². The lowest BCUT2D eigenvalue weighted by Gasteiger charge is -2.36. The second-order valence-corrected chi connectivity index (χ2v) is 15.7. The van der Waals surface area contributed by atoms with E-state index in [1.165, 1.54) is 21.9 Å². The van der Waals surface area contributed by atoms with Crippen LogP contribution in [0.15, 0.2) is 170 Å². The van der Waals surface area contributed by atoms with Gasteiger partial charge in [0.15, 0.2) is 0 Å². The average molecular weight is 709 g/mol. The Morgan fingerprint density at radius 3 is 1.67 bits per heavy atom. The molecule has 2 aliphatic heterocycles. The molecule has 55 heavy (non-hydrogen) atoms. The molecule has 4 nitrogen and oxygen atoms in total. The van der Waals surface area contributed by atoms with Crippen LogP contribution >= 0.6 is 0 Å². The number of hydrogen-bond donors (Lipinski definition) is 0. The van der Waals surface area contributed by atoms with E-state index in [0.717, 1.165) is 78.4 Å². The minimum absolute atomic E-state index is 0.115. The Bertz CT molecular complexity index is 2930. The number of nitrogens with zero attached hydrogens (tertiary/aromatic N) is 2. The lowest BCUT2D eigenvalue weighted by atomic mass is 9.34. The van der Waals surface area contributed by atoms with E-state index in [4.69, 9.17) is 9.47 Å². The Kier molecular flexibility index (Phi) is 6.87. The van der Waals surface area contributed by atoms with E-state index >= 15 is 0 Å². The Labute approximate surface area is 320 Å². The lowest BCUT2D eigenvalue weighted by molar-refractivity contribution is 0.459. The third kappa shape index (κ3) is 4.86. The number of ether oxygens (including phenoxy) is 2. The Morgan fingerprint density at radius 1 is 0.473 bits per heavy atom. The molecule has 11 rings (SSSR count). The molecule has 5 heteroatoms. The van der Waals surface area contributed by atoms with Crippen LogP contribution in [0.25, 0.3) is 38.3 Å². The van der Waals surface area contributed by atoms with Gasteiger partial charge in [0.1, 0.15) is 23.0 Å². The summed E-state index contributed by atoms with van der Waals surface area (Å²) in [7, 11) is 0. The van der Waals surface area contributed by atoms with Gasteiger partial charge in [0.25, 0.3) is 6.71 Å². The maximum absolute atomic E-state index is 7.15. The van der Waals surface area contributed by atoms with E-state index in [1.807, 2.05) is 0 Å². The van der Waals surface area contributed by atoms with Crippen molar-refractivity contribution >= 4 is 72.7 Å². The van der Waals surface area contributed by atoms with Crippen molar-refractivity contribution in [3.05, 3.63) is 175 Å². The number of hydrogen-bond acceptors (Lipinski definition) is 3. The van der Waals surface area contributed by atoms with Gasteiger partial charge in [-0.1, -0.05) is 124 Å². The summed E-state index contributed by atoms with van der Waals surface area (Å²) < 4.78 is 16.6. The monoisotopic (exact) mass is 708 g/mol. The molecule has 0 atom stereocenters. The van der Waals surface area contributed by atoms with E-state index in [-0.39, 0.29) is 12.1 Å². The lowest BCUT2D eigenvalue weighted by Crippen LogP contribution is -2.57. The van der Waals surface area contributed by atoms with Crippen molar-refractivity contribution in [3.63, 3.8) is 0 Å². The van der Waals surface area contributed by atoms with Crippen LogP contribution in [-0.4, -0.2) is 11.3 Å². The number of anilines is 3. The van der Waals surface area contributed by atoms with Crippen LogP contribution in [0.4, 0.5) is 17.1 Å². The Morgan fingerprint density at radius 2 is 1.02 bits per heavy atom. The zero-order valence-electron chi connectivity index (χ0n) is 31.0. The zero-order chi connectivity index (χ0) is 36.8. The van der Waals surface area contributed by atoms with E-state index < -0.39 is 0 Å². The van der Waals surface area contributed by atoms with Crippen LogP contribution < -0.4 is 30.8 Å². The highest BCUT2D eigenvalue weighted by atomic mass is 16.5. The van der Waals surface area contributed by atoms with Crippen LogP contribution in [-0.2, 0) is 5.41 Å². The number of para-hydroxylation sites is 4. The molecule has 0 amide bonds. The smallest absolute Gasteiger partial charge is 0.261 e. The molecule has 0 unspecified atom stereocenters. The Balaban J connectivity index is 1.22. The van der Waals surface area contributed by atoms with E-state index in [1.54, 1.807) is 0 Å². The highest BCUT2D eigenvalue weighted by Gasteiger charge is 2.43. The van der Waals surface area contributed by atoms with Crippen LogP contribution in [0.5, 0.6) is 23.0 Å². The normalized spacial score (nSPS) is 12.9. The van der Waals surface area contributed by atoms with E-state index in [2.05, 4.69) is 200 Å². The van der Waals surface area contributed by atoms with Crippen molar-refractivity contribution in [1.82, 2.24) is 4.57 Å². The van der Waals surface area contributed by atoms with Crippen molar-refractivity contribution < 1.29 is 9.47 Å². The van der Waals surface area contributed by atoms with Gasteiger partial charge in [0.2, 0.25) is 0 Å². The largest absolute Gasteiger partial charge is 0.458 e. The molecule has 0 saturated heterocycles. The van der Waals surface area contributed by atoms with Crippen LogP contribution in [0.2, 0.25) is 0 Å². The van der Waals surface area contributed by atoms with Gasteiger partial charge in [-0.2, -0.15) is 0 Å². The summed E-state index contributed by atoms with van der Waals surface area (Å²) in [5.74, 6) is 3.44. The summed E-state index contributed by atoms with van der Waals surface area (Å²) in [4.78, 5) is 2.35. The molecule has 0 radical (unpaired) electrons. The number of benzene rings is 8. The first-order chi connectivity index (χ1) is 26.9. The summed E-state index contributed by atoms with van der Waals surface area (Å²) in [6.07, 6.45) is 0. The van der Waals surface area contributed by atoms with E-state index in [9.17, 15) is 0 Å². The second-order valence-electron chi connectivity index (χ2n) is 15.7. The number of fused-ring (bicyclic) bond motifs is 9. The minimum Gasteiger partial charge on any atom is -0.458 e. The van der Waals surface area contributed by atoms with Crippen LogP contribution in [0, 0.1) is 0 Å². The fraction of sp³-hybridized carbons (Fsp3) is 0.0800. The summed E-state index contributed by atoms with van der Waals surface area (Å²) in [5, 5.41) is 4.73. The van der Waals surface area contributed by atoms with Gasteiger partial charge in [0.05, 0.1) is 16.7 Å². The van der Waals surface area contributed by atoms with Gasteiger partial charge >= 0.3 is 0 Å². The predicted molar refractivity (Wildman–Crippen MR) is 229 cm³/mol. The molecule has 0 bridgehead atoms. The fourth-order valence-electron chi connectivity index (χ4n) is 8.86. The summed E-state index contributed by atoms with van der Waals surface area (Å²) in [6.45, 7) is 6.63. The minimum atomic E-state index is -0.121. The maximum atomic E-state index is 7.15. The van der Waals surface area contributed by atoms with Gasteiger partial charge in [-0.25, -0.2) is 0 Å². The number of aromatic nitrogens is 1. The van der Waals surface area contributed by atoms with Gasteiger partial charge in [-0.05, 0) is 81.9 Å². The third-order valence-electron chi connectivity index (χ3n) is 11.4. The molecule has 9 aromatic rings. The molecule has 8 aromatic carbocycles. The van der Waals surface area contributed by atoms with Crippen LogP contribution in [0.3, 0.4) is 0 Å². The van der Waals surface area contributed by atoms with Crippen molar-refractivity contribution in [2.24, 2.45) is 0 Å². The zero-order valence-corrected chi connectivity index (χ0v) is 31.0. The van der Waals surface area contributed by atoms with Crippen molar-refractivity contribution in [2.75, 3.05) is 4.90 Å². The second kappa shape index (κ2) is 11.9. The molecule has 0 saturated carbocycles. The van der Waals surface area contributed by atoms with Crippen molar-refractivity contribution in [1.29, 1.82) is 0 Å². The van der Waals surface area contributed by atoms with Gasteiger partial charge < -0.3 is 18.9 Å². The molecule has 2 aliphatic rings. The first-order valence-corrected chi connectivity index (χ1v) is 19.0. The standard InChI is InChI=1S/C50H37BN2O2/c1-50(2,3)32-27-45-49-46(28-32)55-47-31-42(52(33-17-7-4-8-18-33)34-19-9-5-10-20-34)36-23-13-14-25-38(36)48(47)51(49)40-29-39-37-24-15-16-26-41(37)53(35-21-11-6-12-22-35)43(39)30-44(40)54-45/h4-31H,1-3H3. The molecular formula is C50H37BN2O2. The van der Waals surface area contributed by atoms with Gasteiger partial charge in [-0.3, -0.25) is 0 Å². The molecular weight excluding hydrogens is 671 g/mol. The topological polar surface area (TPSA) is 26.6 Å².